The van der Waals surface area contributed by atoms with Crippen LogP contribution >= 0.6 is 0 Å². The van der Waals surface area contributed by atoms with Gasteiger partial charge in [0.2, 0.25) is 10.0 Å². The van der Waals surface area contributed by atoms with Crippen molar-refractivity contribution in [2.75, 3.05) is 11.3 Å². The summed E-state index contributed by atoms with van der Waals surface area (Å²) in [6.45, 7) is 5.52. The molecule has 0 aromatic heterocycles. The van der Waals surface area contributed by atoms with Crippen molar-refractivity contribution in [2.24, 2.45) is 5.41 Å². The Balaban J connectivity index is 2.37. The largest absolute Gasteiger partial charge is 0.463 e. The highest BCUT2D eigenvalue weighted by Crippen LogP contribution is 2.37. The molecule has 0 bridgehead atoms. The predicted molar refractivity (Wildman–Crippen MR) is 90.4 cm³/mol. The number of carbonyl (C=O) groups is 1. The molecule has 0 spiro atoms. The molecular formula is C17H21F2NO4S. The van der Waals surface area contributed by atoms with Crippen LogP contribution in [0, 0.1) is 17.0 Å². The molecule has 1 unspecified atom stereocenters. The smallest absolute Gasteiger partial charge is 0.335 e. The van der Waals surface area contributed by atoms with Gasteiger partial charge >= 0.3 is 5.97 Å². The number of esters is 1. The number of carbonyl (C=O) groups excluding carboxylic acids is 1. The SMILES string of the molecule is CCOC(=O)C1=CC(C)(C)CCC1S(=O)(=O)Nc1ccc(F)cc1F. The Morgan fingerprint density at radius 3 is 2.64 bits per heavy atom. The number of hydrogen-bond acceptors (Lipinski definition) is 4. The van der Waals surface area contributed by atoms with Crippen molar-refractivity contribution < 1.29 is 26.7 Å². The first-order valence-corrected chi connectivity index (χ1v) is 9.47. The van der Waals surface area contributed by atoms with Gasteiger partial charge in [-0.2, -0.15) is 0 Å². The summed E-state index contributed by atoms with van der Waals surface area (Å²) in [5, 5.41) is -1.16. The van der Waals surface area contributed by atoms with Crippen LogP contribution in [0.2, 0.25) is 0 Å². The van der Waals surface area contributed by atoms with Crippen LogP contribution in [0.5, 0.6) is 0 Å². The lowest BCUT2D eigenvalue weighted by molar-refractivity contribution is -0.138. The van der Waals surface area contributed by atoms with Gasteiger partial charge in [0.1, 0.15) is 16.9 Å². The van der Waals surface area contributed by atoms with E-state index in [2.05, 4.69) is 4.72 Å². The summed E-state index contributed by atoms with van der Waals surface area (Å²) >= 11 is 0. The molecule has 1 aliphatic rings. The molecule has 1 aromatic rings. The second-order valence-corrected chi connectivity index (χ2v) is 8.47. The van der Waals surface area contributed by atoms with Crippen LogP contribution in [0.25, 0.3) is 0 Å². The predicted octanol–water partition coefficient (Wildman–Crippen LogP) is 3.38. The van der Waals surface area contributed by atoms with Crippen LogP contribution in [0.15, 0.2) is 29.8 Å². The zero-order chi connectivity index (χ0) is 18.8. The Labute approximate surface area is 146 Å². The topological polar surface area (TPSA) is 72.5 Å². The lowest BCUT2D eigenvalue weighted by atomic mass is 9.79. The first-order chi connectivity index (χ1) is 11.6. The van der Waals surface area contributed by atoms with Gasteiger partial charge in [0, 0.05) is 6.07 Å². The summed E-state index contributed by atoms with van der Waals surface area (Å²) in [6, 6.07) is 2.54. The van der Waals surface area contributed by atoms with E-state index in [9.17, 15) is 22.0 Å². The van der Waals surface area contributed by atoms with Crippen molar-refractivity contribution >= 4 is 21.7 Å². The van der Waals surface area contributed by atoms with E-state index in [0.29, 0.717) is 12.5 Å². The average molecular weight is 373 g/mol. The number of benzene rings is 1. The number of sulfonamides is 1. The number of nitrogens with one attached hydrogen (secondary N) is 1. The zero-order valence-electron chi connectivity index (χ0n) is 14.3. The lowest BCUT2D eigenvalue weighted by Gasteiger charge is -2.32. The van der Waals surface area contributed by atoms with Gasteiger partial charge in [0.25, 0.3) is 0 Å². The Hall–Kier alpha value is -1.96. The summed E-state index contributed by atoms with van der Waals surface area (Å²) in [4.78, 5) is 12.2. The van der Waals surface area contributed by atoms with Crippen LogP contribution in [-0.2, 0) is 19.6 Å². The quantitative estimate of drug-likeness (QED) is 0.803. The molecule has 0 saturated carbocycles. The number of anilines is 1. The van der Waals surface area contributed by atoms with Crippen molar-refractivity contribution in [3.8, 4) is 0 Å². The average Bonchev–Trinajstić information content (AvgIpc) is 2.49. The third-order valence-electron chi connectivity index (χ3n) is 4.01. The maximum absolute atomic E-state index is 13.8. The molecule has 0 heterocycles. The summed E-state index contributed by atoms with van der Waals surface area (Å²) in [6.07, 6.45) is 2.32. The molecule has 0 fully saturated rings. The van der Waals surface area contributed by atoms with Crippen LogP contribution in [0.4, 0.5) is 14.5 Å². The normalized spacial score (nSPS) is 19.9. The van der Waals surface area contributed by atoms with Crippen LogP contribution < -0.4 is 4.72 Å². The second kappa shape index (κ2) is 7.11. The fourth-order valence-electron chi connectivity index (χ4n) is 2.77. The Morgan fingerprint density at radius 1 is 1.36 bits per heavy atom. The lowest BCUT2D eigenvalue weighted by Crippen LogP contribution is -2.37. The van der Waals surface area contributed by atoms with E-state index in [4.69, 9.17) is 4.74 Å². The molecule has 8 heteroatoms. The Morgan fingerprint density at radius 2 is 2.04 bits per heavy atom. The van der Waals surface area contributed by atoms with E-state index < -0.39 is 32.9 Å². The van der Waals surface area contributed by atoms with Crippen molar-refractivity contribution in [1.82, 2.24) is 0 Å². The molecule has 138 valence electrons. The van der Waals surface area contributed by atoms with Crippen LogP contribution in [0.1, 0.15) is 33.6 Å². The number of hydrogen-bond donors (Lipinski definition) is 1. The fourth-order valence-corrected chi connectivity index (χ4v) is 4.31. The van der Waals surface area contributed by atoms with E-state index in [-0.39, 0.29) is 29.7 Å². The second-order valence-electron chi connectivity index (χ2n) is 6.61. The Kier molecular flexibility index (Phi) is 5.51. The molecule has 0 amide bonds. The summed E-state index contributed by atoms with van der Waals surface area (Å²) < 4.78 is 59.3. The molecule has 1 atom stereocenters. The minimum atomic E-state index is -4.12. The zero-order valence-corrected chi connectivity index (χ0v) is 15.1. The monoisotopic (exact) mass is 373 g/mol. The standard InChI is InChI=1S/C17H21F2NO4S/c1-4-24-16(21)12-10-17(2,3)8-7-15(12)25(22,23)20-14-6-5-11(18)9-13(14)19/h5-6,9-10,15,20H,4,7-8H2,1-3H3. The maximum Gasteiger partial charge on any atom is 0.335 e. The molecule has 2 rings (SSSR count). The van der Waals surface area contributed by atoms with Crippen molar-refractivity contribution in [2.45, 2.75) is 38.9 Å². The molecule has 0 radical (unpaired) electrons. The van der Waals surface area contributed by atoms with Crippen molar-refractivity contribution in [3.63, 3.8) is 0 Å². The molecule has 25 heavy (non-hydrogen) atoms. The van der Waals surface area contributed by atoms with Gasteiger partial charge in [-0.25, -0.2) is 22.0 Å². The number of allylic oxidation sites excluding steroid dienone is 1. The van der Waals surface area contributed by atoms with Gasteiger partial charge in [0.05, 0.1) is 17.9 Å². The Bertz CT molecular complexity index is 803. The molecule has 0 saturated heterocycles. The molecule has 0 aliphatic heterocycles. The summed E-state index contributed by atoms with van der Waals surface area (Å²) in [7, 11) is -4.12. The summed E-state index contributed by atoms with van der Waals surface area (Å²) in [5.41, 5.74) is -0.683. The maximum atomic E-state index is 13.8. The van der Waals surface area contributed by atoms with Gasteiger partial charge in [-0.15, -0.1) is 0 Å². The first-order valence-electron chi connectivity index (χ1n) is 7.92. The molecule has 5 nitrogen and oxygen atoms in total. The van der Waals surface area contributed by atoms with Gasteiger partial charge in [-0.05, 0) is 37.3 Å². The molecule has 1 aliphatic carbocycles. The number of ether oxygens (including phenoxy) is 1. The first kappa shape index (κ1) is 19.4. The highest BCUT2D eigenvalue weighted by atomic mass is 32.2. The minimum absolute atomic E-state index is 0.0353. The molecular weight excluding hydrogens is 352 g/mol. The van der Waals surface area contributed by atoms with Gasteiger partial charge < -0.3 is 4.74 Å². The summed E-state index contributed by atoms with van der Waals surface area (Å²) in [5.74, 6) is -2.54. The van der Waals surface area contributed by atoms with E-state index in [1.165, 1.54) is 0 Å². The van der Waals surface area contributed by atoms with Crippen LogP contribution in [0.3, 0.4) is 0 Å². The fraction of sp³-hybridized carbons (Fsp3) is 0.471. The van der Waals surface area contributed by atoms with Crippen LogP contribution in [-0.4, -0.2) is 26.2 Å². The highest BCUT2D eigenvalue weighted by Gasteiger charge is 2.39. The van der Waals surface area contributed by atoms with Crippen molar-refractivity contribution in [1.29, 1.82) is 0 Å². The van der Waals surface area contributed by atoms with Crippen molar-refractivity contribution in [3.05, 3.63) is 41.5 Å². The van der Waals surface area contributed by atoms with E-state index in [1.54, 1.807) is 13.0 Å². The van der Waals surface area contributed by atoms with Gasteiger partial charge in [-0.1, -0.05) is 19.9 Å². The third kappa shape index (κ3) is 4.56. The van der Waals surface area contributed by atoms with E-state index in [0.717, 1.165) is 12.1 Å². The van der Waals surface area contributed by atoms with E-state index in [1.807, 2.05) is 13.8 Å². The number of halogens is 2. The van der Waals surface area contributed by atoms with E-state index >= 15 is 0 Å². The highest BCUT2D eigenvalue weighted by molar-refractivity contribution is 7.93. The minimum Gasteiger partial charge on any atom is -0.463 e. The molecule has 1 aromatic carbocycles. The number of rotatable bonds is 5. The van der Waals surface area contributed by atoms with Gasteiger partial charge in [0.15, 0.2) is 0 Å². The van der Waals surface area contributed by atoms with Gasteiger partial charge in [-0.3, -0.25) is 4.72 Å². The molecule has 1 N–H and O–H groups in total. The third-order valence-corrected chi connectivity index (χ3v) is 5.76.